The lowest BCUT2D eigenvalue weighted by Crippen LogP contribution is -2.22. The monoisotopic (exact) mass is 310 g/mol. The third kappa shape index (κ3) is 10.9. The second-order valence-corrected chi connectivity index (χ2v) is 6.72. The van der Waals surface area contributed by atoms with Crippen LogP contribution in [0.1, 0.15) is 86.0 Å². The van der Waals surface area contributed by atoms with Crippen molar-refractivity contribution in [2.24, 2.45) is 17.8 Å². The van der Waals surface area contributed by atoms with E-state index in [4.69, 9.17) is 4.74 Å². The van der Waals surface area contributed by atoms with Gasteiger partial charge in [-0.05, 0) is 37.5 Å². The molecule has 0 aromatic rings. The number of esters is 1. The largest absolute Gasteiger partial charge is 0.465 e. The van der Waals surface area contributed by atoms with Gasteiger partial charge in [-0.15, -0.1) is 0 Å². The standard InChI is InChI=1S/C20H38O2/c1-6-9-11-12-14-22-20(21)19(15-17(4)8-3)16-18(5)13-10-7-2/h10,13,17-19H,6-9,11-12,14-16H2,1-5H3. The van der Waals surface area contributed by atoms with Crippen LogP contribution >= 0.6 is 0 Å². The molecule has 0 N–H and O–H groups in total. The zero-order valence-electron chi connectivity index (χ0n) is 15.6. The molecule has 0 aromatic carbocycles. The molecule has 0 heterocycles. The first-order valence-corrected chi connectivity index (χ1v) is 9.38. The van der Waals surface area contributed by atoms with Crippen molar-refractivity contribution in [2.45, 2.75) is 86.0 Å². The minimum absolute atomic E-state index is 0.0218. The van der Waals surface area contributed by atoms with Crippen LogP contribution in [-0.2, 0) is 9.53 Å². The molecule has 0 aliphatic rings. The summed E-state index contributed by atoms with van der Waals surface area (Å²) in [6.07, 6.45) is 13.1. The van der Waals surface area contributed by atoms with Crippen molar-refractivity contribution in [3.05, 3.63) is 12.2 Å². The van der Waals surface area contributed by atoms with Gasteiger partial charge >= 0.3 is 5.97 Å². The predicted octanol–water partition coefficient (Wildman–Crippen LogP) is 6.15. The predicted molar refractivity (Wildman–Crippen MR) is 95.9 cm³/mol. The van der Waals surface area contributed by atoms with E-state index in [1.54, 1.807) is 0 Å². The summed E-state index contributed by atoms with van der Waals surface area (Å²) >= 11 is 0. The molecule has 22 heavy (non-hydrogen) atoms. The molecule has 0 saturated heterocycles. The maximum atomic E-state index is 12.4. The molecule has 0 fully saturated rings. The van der Waals surface area contributed by atoms with Crippen molar-refractivity contribution in [3.8, 4) is 0 Å². The minimum Gasteiger partial charge on any atom is -0.465 e. The fraction of sp³-hybridized carbons (Fsp3) is 0.850. The van der Waals surface area contributed by atoms with Crippen LogP contribution in [0, 0.1) is 17.8 Å². The Bertz CT molecular complexity index is 296. The summed E-state index contributed by atoms with van der Waals surface area (Å²) in [6.45, 7) is 11.6. The maximum Gasteiger partial charge on any atom is 0.308 e. The molecule has 0 radical (unpaired) electrons. The molecule has 0 aromatic heterocycles. The van der Waals surface area contributed by atoms with E-state index in [0.29, 0.717) is 18.4 Å². The van der Waals surface area contributed by atoms with Crippen LogP contribution in [0.25, 0.3) is 0 Å². The molecular formula is C20H38O2. The molecule has 130 valence electrons. The Kier molecular flexibility index (Phi) is 13.3. The molecule has 0 saturated carbocycles. The van der Waals surface area contributed by atoms with Crippen LogP contribution in [0.15, 0.2) is 12.2 Å². The average Bonchev–Trinajstić information content (AvgIpc) is 2.51. The molecule has 0 aliphatic carbocycles. The molecule has 2 nitrogen and oxygen atoms in total. The summed E-state index contributed by atoms with van der Waals surface area (Å²) in [7, 11) is 0. The van der Waals surface area contributed by atoms with Crippen molar-refractivity contribution in [1.82, 2.24) is 0 Å². The molecular weight excluding hydrogens is 272 g/mol. The van der Waals surface area contributed by atoms with E-state index in [2.05, 4.69) is 46.8 Å². The molecule has 3 unspecified atom stereocenters. The van der Waals surface area contributed by atoms with E-state index < -0.39 is 0 Å². The van der Waals surface area contributed by atoms with Gasteiger partial charge in [0, 0.05) is 0 Å². The molecule has 0 bridgehead atoms. The topological polar surface area (TPSA) is 26.3 Å². The summed E-state index contributed by atoms with van der Waals surface area (Å²) < 4.78 is 5.54. The second-order valence-electron chi connectivity index (χ2n) is 6.72. The van der Waals surface area contributed by atoms with Gasteiger partial charge in [0.15, 0.2) is 0 Å². The molecule has 0 aliphatic heterocycles. The van der Waals surface area contributed by atoms with Gasteiger partial charge in [0.05, 0.1) is 12.5 Å². The van der Waals surface area contributed by atoms with Crippen molar-refractivity contribution < 1.29 is 9.53 Å². The Labute approximate surface area is 138 Å². The Morgan fingerprint density at radius 2 is 1.77 bits per heavy atom. The van der Waals surface area contributed by atoms with Crippen molar-refractivity contribution in [2.75, 3.05) is 6.61 Å². The third-order valence-electron chi connectivity index (χ3n) is 4.32. The zero-order valence-corrected chi connectivity index (χ0v) is 15.6. The van der Waals surface area contributed by atoms with Crippen molar-refractivity contribution >= 4 is 5.97 Å². The highest BCUT2D eigenvalue weighted by Gasteiger charge is 2.23. The van der Waals surface area contributed by atoms with Gasteiger partial charge in [-0.1, -0.05) is 72.5 Å². The lowest BCUT2D eigenvalue weighted by Gasteiger charge is -2.21. The number of unbranched alkanes of at least 4 members (excludes halogenated alkanes) is 3. The number of hydrogen-bond acceptors (Lipinski definition) is 2. The van der Waals surface area contributed by atoms with E-state index in [1.165, 1.54) is 12.8 Å². The van der Waals surface area contributed by atoms with Crippen LogP contribution in [0.4, 0.5) is 0 Å². The maximum absolute atomic E-state index is 12.4. The van der Waals surface area contributed by atoms with Gasteiger partial charge in [-0.2, -0.15) is 0 Å². The highest BCUT2D eigenvalue weighted by molar-refractivity contribution is 5.72. The van der Waals surface area contributed by atoms with Gasteiger partial charge in [-0.3, -0.25) is 4.79 Å². The van der Waals surface area contributed by atoms with Crippen molar-refractivity contribution in [1.29, 1.82) is 0 Å². The van der Waals surface area contributed by atoms with Crippen LogP contribution in [-0.4, -0.2) is 12.6 Å². The van der Waals surface area contributed by atoms with Crippen LogP contribution < -0.4 is 0 Å². The first-order chi connectivity index (χ1) is 10.5. The Morgan fingerprint density at radius 3 is 2.36 bits per heavy atom. The highest BCUT2D eigenvalue weighted by Crippen LogP contribution is 2.24. The SMILES string of the molecule is CCC=CC(C)CC(CC(C)CC)C(=O)OCCCCCC. The van der Waals surface area contributed by atoms with Gasteiger partial charge < -0.3 is 4.74 Å². The summed E-state index contributed by atoms with van der Waals surface area (Å²) in [4.78, 5) is 12.4. The number of hydrogen-bond donors (Lipinski definition) is 0. The first kappa shape index (κ1) is 21.2. The minimum atomic E-state index is 0.0218. The van der Waals surface area contributed by atoms with Crippen molar-refractivity contribution in [3.63, 3.8) is 0 Å². The zero-order chi connectivity index (χ0) is 16.8. The Balaban J connectivity index is 4.36. The van der Waals surface area contributed by atoms with Gasteiger partial charge in [0.2, 0.25) is 0 Å². The smallest absolute Gasteiger partial charge is 0.308 e. The summed E-state index contributed by atoms with van der Waals surface area (Å²) in [5.74, 6) is 1.10. The van der Waals surface area contributed by atoms with E-state index in [1.807, 2.05) is 0 Å². The average molecular weight is 311 g/mol. The Morgan fingerprint density at radius 1 is 1.05 bits per heavy atom. The quantitative estimate of drug-likeness (QED) is 0.231. The lowest BCUT2D eigenvalue weighted by atomic mass is 9.87. The number of carbonyl (C=O) groups excluding carboxylic acids is 1. The number of rotatable bonds is 13. The first-order valence-electron chi connectivity index (χ1n) is 9.38. The number of allylic oxidation sites excluding steroid dienone is 2. The van der Waals surface area contributed by atoms with E-state index in [-0.39, 0.29) is 11.9 Å². The molecule has 2 heteroatoms. The number of ether oxygens (including phenoxy) is 1. The van der Waals surface area contributed by atoms with E-state index >= 15 is 0 Å². The third-order valence-corrected chi connectivity index (χ3v) is 4.32. The summed E-state index contributed by atoms with van der Waals surface area (Å²) in [5, 5.41) is 0. The van der Waals surface area contributed by atoms with Gasteiger partial charge in [-0.25, -0.2) is 0 Å². The fourth-order valence-electron chi connectivity index (χ4n) is 2.66. The van der Waals surface area contributed by atoms with E-state index in [0.717, 1.165) is 38.5 Å². The van der Waals surface area contributed by atoms with Crippen LogP contribution in [0.5, 0.6) is 0 Å². The summed E-state index contributed by atoms with van der Waals surface area (Å²) in [6, 6.07) is 0. The Hall–Kier alpha value is -0.790. The highest BCUT2D eigenvalue weighted by atomic mass is 16.5. The summed E-state index contributed by atoms with van der Waals surface area (Å²) in [5.41, 5.74) is 0. The van der Waals surface area contributed by atoms with Gasteiger partial charge in [0.1, 0.15) is 0 Å². The number of carbonyl (C=O) groups is 1. The van der Waals surface area contributed by atoms with Gasteiger partial charge in [0.25, 0.3) is 0 Å². The molecule has 0 spiro atoms. The second kappa shape index (κ2) is 13.8. The lowest BCUT2D eigenvalue weighted by molar-refractivity contribution is -0.149. The molecule has 0 rings (SSSR count). The fourth-order valence-corrected chi connectivity index (χ4v) is 2.66. The molecule has 3 atom stereocenters. The normalized spacial score (nSPS) is 15.7. The van der Waals surface area contributed by atoms with Crippen LogP contribution in [0.3, 0.4) is 0 Å². The molecule has 0 amide bonds. The van der Waals surface area contributed by atoms with Crippen LogP contribution in [0.2, 0.25) is 0 Å². The van der Waals surface area contributed by atoms with E-state index in [9.17, 15) is 4.79 Å².